The van der Waals surface area contributed by atoms with E-state index in [-0.39, 0.29) is 11.8 Å². The first-order chi connectivity index (χ1) is 10.0. The number of benzene rings is 1. The van der Waals surface area contributed by atoms with Crippen molar-refractivity contribution in [2.75, 3.05) is 16.8 Å². The van der Waals surface area contributed by atoms with Crippen molar-refractivity contribution in [2.45, 2.75) is 32.2 Å². The van der Waals surface area contributed by atoms with Gasteiger partial charge in [0.2, 0.25) is 11.8 Å². The van der Waals surface area contributed by atoms with E-state index in [0.29, 0.717) is 18.5 Å². The molecule has 0 aliphatic carbocycles. The minimum atomic E-state index is -0.595. The molecule has 1 atom stereocenters. The lowest BCUT2D eigenvalue weighted by atomic mass is 10.1. The largest absolute Gasteiger partial charge is 0.325 e. The van der Waals surface area contributed by atoms with Crippen LogP contribution in [-0.4, -0.2) is 24.4 Å². The quantitative estimate of drug-likeness (QED) is 0.813. The summed E-state index contributed by atoms with van der Waals surface area (Å²) < 4.78 is 0. The Labute approximate surface area is 124 Å². The van der Waals surface area contributed by atoms with Gasteiger partial charge in [0.25, 0.3) is 0 Å². The first-order valence-electron chi connectivity index (χ1n) is 7.11. The number of amides is 2. The average Bonchev–Trinajstić information content (AvgIpc) is 2.85. The van der Waals surface area contributed by atoms with Gasteiger partial charge in [0.1, 0.15) is 0 Å². The maximum Gasteiger partial charge on any atom is 0.241 e. The van der Waals surface area contributed by atoms with E-state index in [1.807, 2.05) is 19.1 Å². The van der Waals surface area contributed by atoms with Crippen LogP contribution in [0.15, 0.2) is 30.9 Å². The summed E-state index contributed by atoms with van der Waals surface area (Å²) in [5.41, 5.74) is 8.28. The highest BCUT2D eigenvalue weighted by Crippen LogP contribution is 2.27. The molecule has 2 rings (SSSR count). The van der Waals surface area contributed by atoms with Crippen LogP contribution in [0.5, 0.6) is 0 Å². The minimum Gasteiger partial charge on any atom is -0.325 e. The summed E-state index contributed by atoms with van der Waals surface area (Å²) in [6, 6.07) is 4.93. The average molecular weight is 287 g/mol. The fourth-order valence-corrected chi connectivity index (χ4v) is 2.46. The topological polar surface area (TPSA) is 75.4 Å². The number of carbonyl (C=O) groups is 2. The Kier molecular flexibility index (Phi) is 4.75. The van der Waals surface area contributed by atoms with Crippen molar-refractivity contribution in [1.29, 1.82) is 0 Å². The third-order valence-corrected chi connectivity index (χ3v) is 3.59. The van der Waals surface area contributed by atoms with Gasteiger partial charge >= 0.3 is 0 Å². The Hall–Kier alpha value is -2.14. The molecule has 1 saturated heterocycles. The maximum atomic E-state index is 11.9. The predicted octanol–water partition coefficient (Wildman–Crippen LogP) is 1.96. The molecule has 1 aliphatic heterocycles. The summed E-state index contributed by atoms with van der Waals surface area (Å²) in [6.45, 7) is 6.26. The van der Waals surface area contributed by atoms with E-state index in [2.05, 4.69) is 11.9 Å². The summed E-state index contributed by atoms with van der Waals surface area (Å²) in [4.78, 5) is 25.4. The number of aryl methyl sites for hydroxylation is 1. The molecular weight excluding hydrogens is 266 g/mol. The fourth-order valence-electron chi connectivity index (χ4n) is 2.46. The molecule has 0 aromatic heterocycles. The number of rotatable bonds is 5. The molecule has 0 spiro atoms. The van der Waals surface area contributed by atoms with Gasteiger partial charge in [-0.25, -0.2) is 0 Å². The lowest BCUT2D eigenvalue weighted by Gasteiger charge is -2.19. The summed E-state index contributed by atoms with van der Waals surface area (Å²) in [5, 5.41) is 2.78. The van der Waals surface area contributed by atoms with Gasteiger partial charge in [-0.1, -0.05) is 6.08 Å². The number of nitrogens with one attached hydrogen (secondary N) is 1. The van der Waals surface area contributed by atoms with Crippen LogP contribution in [0.1, 0.15) is 24.8 Å². The van der Waals surface area contributed by atoms with Crippen molar-refractivity contribution in [2.24, 2.45) is 5.73 Å². The Balaban J connectivity index is 2.10. The molecule has 5 nitrogen and oxygen atoms in total. The molecule has 5 heteroatoms. The highest BCUT2D eigenvalue weighted by molar-refractivity contribution is 5.97. The van der Waals surface area contributed by atoms with Gasteiger partial charge in [0.15, 0.2) is 0 Å². The summed E-state index contributed by atoms with van der Waals surface area (Å²) >= 11 is 0. The molecule has 1 aromatic rings. The second kappa shape index (κ2) is 6.54. The van der Waals surface area contributed by atoms with Gasteiger partial charge in [0.05, 0.1) is 6.04 Å². The van der Waals surface area contributed by atoms with E-state index < -0.39 is 6.04 Å². The zero-order chi connectivity index (χ0) is 15.4. The zero-order valence-corrected chi connectivity index (χ0v) is 12.3. The van der Waals surface area contributed by atoms with E-state index >= 15 is 0 Å². The second-order valence-corrected chi connectivity index (χ2v) is 5.27. The maximum absolute atomic E-state index is 11.9. The highest BCUT2D eigenvalue weighted by atomic mass is 16.2. The smallest absolute Gasteiger partial charge is 0.241 e. The number of nitrogens with two attached hydrogens (primary N) is 1. The molecule has 112 valence electrons. The van der Waals surface area contributed by atoms with Gasteiger partial charge in [-0.2, -0.15) is 0 Å². The number of hydrogen-bond donors (Lipinski definition) is 2. The van der Waals surface area contributed by atoms with Gasteiger partial charge < -0.3 is 16.0 Å². The molecule has 1 aromatic carbocycles. The predicted molar refractivity (Wildman–Crippen MR) is 84.2 cm³/mol. The molecule has 1 aliphatic rings. The van der Waals surface area contributed by atoms with E-state index in [4.69, 9.17) is 5.73 Å². The molecule has 0 saturated carbocycles. The van der Waals surface area contributed by atoms with Gasteiger partial charge in [0, 0.05) is 24.3 Å². The number of nitrogens with zero attached hydrogens (tertiary/aromatic N) is 1. The van der Waals surface area contributed by atoms with Crippen molar-refractivity contribution in [3.8, 4) is 0 Å². The van der Waals surface area contributed by atoms with Crippen LogP contribution in [0.4, 0.5) is 11.4 Å². The van der Waals surface area contributed by atoms with Crippen LogP contribution in [0.2, 0.25) is 0 Å². The van der Waals surface area contributed by atoms with Gasteiger partial charge in [-0.3, -0.25) is 9.59 Å². The van der Waals surface area contributed by atoms with Crippen molar-refractivity contribution >= 4 is 23.2 Å². The van der Waals surface area contributed by atoms with Crippen LogP contribution in [0, 0.1) is 6.92 Å². The third-order valence-electron chi connectivity index (χ3n) is 3.59. The molecule has 1 heterocycles. The van der Waals surface area contributed by atoms with E-state index in [9.17, 15) is 9.59 Å². The van der Waals surface area contributed by atoms with Gasteiger partial charge in [-0.05, 0) is 43.5 Å². The standard InChI is InChI=1S/C16H21N3O2/c1-3-5-13(17)16(21)18-12-7-8-14(11(2)10-12)19-9-4-6-15(19)20/h3,7-8,10,13H,1,4-6,9,17H2,2H3,(H,18,21). The minimum absolute atomic E-state index is 0.155. The van der Waals surface area contributed by atoms with Crippen LogP contribution in [0.25, 0.3) is 0 Å². The lowest BCUT2D eigenvalue weighted by Crippen LogP contribution is -2.35. The van der Waals surface area contributed by atoms with Crippen molar-refractivity contribution in [3.63, 3.8) is 0 Å². The Morgan fingerprint density at radius 2 is 2.33 bits per heavy atom. The van der Waals surface area contributed by atoms with Crippen molar-refractivity contribution in [1.82, 2.24) is 0 Å². The summed E-state index contributed by atoms with van der Waals surface area (Å²) in [7, 11) is 0. The van der Waals surface area contributed by atoms with E-state index in [1.165, 1.54) is 0 Å². The normalized spacial score (nSPS) is 15.9. The van der Waals surface area contributed by atoms with Crippen LogP contribution >= 0.6 is 0 Å². The van der Waals surface area contributed by atoms with Gasteiger partial charge in [-0.15, -0.1) is 6.58 Å². The van der Waals surface area contributed by atoms with E-state index in [1.54, 1.807) is 17.0 Å². The molecule has 2 amide bonds. The number of anilines is 2. The van der Waals surface area contributed by atoms with Crippen LogP contribution in [0.3, 0.4) is 0 Å². The SMILES string of the molecule is C=CCC(N)C(=O)Nc1ccc(N2CCCC2=O)c(C)c1. The fraction of sp³-hybridized carbons (Fsp3) is 0.375. The van der Waals surface area contributed by atoms with Crippen LogP contribution in [-0.2, 0) is 9.59 Å². The van der Waals surface area contributed by atoms with E-state index in [0.717, 1.165) is 24.2 Å². The molecule has 21 heavy (non-hydrogen) atoms. The third kappa shape index (κ3) is 3.49. The molecule has 3 N–H and O–H groups in total. The monoisotopic (exact) mass is 287 g/mol. The summed E-state index contributed by atoms with van der Waals surface area (Å²) in [6.07, 6.45) is 3.56. The lowest BCUT2D eigenvalue weighted by molar-refractivity contribution is -0.118. The molecule has 0 radical (unpaired) electrons. The Morgan fingerprint density at radius 3 is 2.90 bits per heavy atom. The summed E-state index contributed by atoms with van der Waals surface area (Å²) in [5.74, 6) is -0.0813. The molecule has 0 bridgehead atoms. The first-order valence-corrected chi connectivity index (χ1v) is 7.11. The van der Waals surface area contributed by atoms with Crippen LogP contribution < -0.4 is 16.0 Å². The van der Waals surface area contributed by atoms with Crippen molar-refractivity contribution < 1.29 is 9.59 Å². The molecular formula is C16H21N3O2. The molecule has 1 fully saturated rings. The molecule has 1 unspecified atom stereocenters. The first kappa shape index (κ1) is 15.3. The highest BCUT2D eigenvalue weighted by Gasteiger charge is 2.23. The van der Waals surface area contributed by atoms with Crippen molar-refractivity contribution in [3.05, 3.63) is 36.4 Å². The number of hydrogen-bond acceptors (Lipinski definition) is 3. The zero-order valence-electron chi connectivity index (χ0n) is 12.3. The Bertz CT molecular complexity index is 569. The second-order valence-electron chi connectivity index (χ2n) is 5.27. The number of carbonyl (C=O) groups excluding carboxylic acids is 2. The Morgan fingerprint density at radius 1 is 1.57 bits per heavy atom.